The van der Waals surface area contributed by atoms with Gasteiger partial charge in [-0.15, -0.1) is 0 Å². The average Bonchev–Trinajstić information content (AvgIpc) is 2.92. The number of hydrogen-bond donors (Lipinski definition) is 1. The number of hydrogen-bond acceptors (Lipinski definition) is 4. The van der Waals surface area contributed by atoms with Gasteiger partial charge in [-0.1, -0.05) is 20.3 Å². The maximum Gasteiger partial charge on any atom is 0.211 e. The Bertz CT molecular complexity index is 570. The Hall–Kier alpha value is -0.920. The molecule has 1 N–H and O–H groups in total. The van der Waals surface area contributed by atoms with Crippen LogP contribution in [0.25, 0.3) is 0 Å². The fraction of sp³-hybridized carbons (Fsp3) is 0.800. The lowest BCUT2D eigenvalue weighted by atomic mass is 9.91. The summed E-state index contributed by atoms with van der Waals surface area (Å²) in [5, 5.41) is 7.93. The molecule has 2 atom stereocenters. The van der Waals surface area contributed by atoms with E-state index in [0.717, 1.165) is 32.4 Å². The Morgan fingerprint density at radius 1 is 1.41 bits per heavy atom. The fourth-order valence-corrected chi connectivity index (χ4v) is 3.98. The van der Waals surface area contributed by atoms with Crippen LogP contribution in [-0.2, 0) is 23.1 Å². The molecule has 0 aliphatic carbocycles. The summed E-state index contributed by atoms with van der Waals surface area (Å²) in [6.07, 6.45) is 8.23. The van der Waals surface area contributed by atoms with Gasteiger partial charge in [-0.05, 0) is 18.8 Å². The highest BCUT2D eigenvalue weighted by Crippen LogP contribution is 2.22. The van der Waals surface area contributed by atoms with Gasteiger partial charge >= 0.3 is 0 Å². The number of aryl methyl sites for hydroxylation is 1. The number of nitrogens with one attached hydrogen (secondary N) is 1. The highest BCUT2D eigenvalue weighted by Gasteiger charge is 2.31. The molecule has 0 spiro atoms. The Balaban J connectivity index is 1.89. The van der Waals surface area contributed by atoms with Crippen LogP contribution in [0.3, 0.4) is 0 Å². The van der Waals surface area contributed by atoms with Crippen molar-refractivity contribution < 1.29 is 8.42 Å². The van der Waals surface area contributed by atoms with E-state index in [1.165, 1.54) is 11.8 Å². The van der Waals surface area contributed by atoms with Gasteiger partial charge in [-0.25, -0.2) is 12.7 Å². The van der Waals surface area contributed by atoms with Crippen LogP contribution in [0.4, 0.5) is 0 Å². The average molecular weight is 328 g/mol. The van der Waals surface area contributed by atoms with Gasteiger partial charge in [0.15, 0.2) is 0 Å². The van der Waals surface area contributed by atoms with Gasteiger partial charge in [-0.3, -0.25) is 4.68 Å². The van der Waals surface area contributed by atoms with E-state index < -0.39 is 10.0 Å². The van der Waals surface area contributed by atoms with E-state index in [1.54, 1.807) is 4.31 Å². The van der Waals surface area contributed by atoms with Crippen molar-refractivity contribution in [3.63, 3.8) is 0 Å². The summed E-state index contributed by atoms with van der Waals surface area (Å²) in [5.74, 6) is 0.370. The SMILES string of the molecule is CCCn1cc(CN[C@@H]2CCN(S(C)(=O)=O)C[C@H]2CC)cn1. The minimum atomic E-state index is -3.07. The topological polar surface area (TPSA) is 67.2 Å². The van der Waals surface area contributed by atoms with Gasteiger partial charge in [0.2, 0.25) is 10.0 Å². The molecule has 0 amide bonds. The van der Waals surface area contributed by atoms with Crippen LogP contribution in [0.5, 0.6) is 0 Å². The third-order valence-electron chi connectivity index (χ3n) is 4.40. The van der Waals surface area contributed by atoms with Crippen molar-refractivity contribution in [2.75, 3.05) is 19.3 Å². The second kappa shape index (κ2) is 7.57. The molecule has 0 bridgehead atoms. The van der Waals surface area contributed by atoms with E-state index in [9.17, 15) is 8.42 Å². The Kier molecular flexibility index (Phi) is 6.00. The Labute approximate surface area is 133 Å². The van der Waals surface area contributed by atoms with Gasteiger partial charge < -0.3 is 5.32 Å². The summed E-state index contributed by atoms with van der Waals surface area (Å²) in [5.41, 5.74) is 1.19. The van der Waals surface area contributed by atoms with Gasteiger partial charge in [0, 0.05) is 44.0 Å². The summed E-state index contributed by atoms with van der Waals surface area (Å²) < 4.78 is 27.0. The first-order valence-corrected chi connectivity index (χ1v) is 9.98. The van der Waals surface area contributed by atoms with Crippen molar-refractivity contribution in [3.8, 4) is 0 Å². The zero-order chi connectivity index (χ0) is 16.2. The van der Waals surface area contributed by atoms with Crippen LogP contribution in [0.1, 0.15) is 38.7 Å². The fourth-order valence-electron chi connectivity index (χ4n) is 3.08. The molecule has 6 nitrogen and oxygen atoms in total. The molecule has 1 saturated heterocycles. The molecular formula is C15H28N4O2S. The molecular weight excluding hydrogens is 300 g/mol. The molecule has 2 heterocycles. The smallest absolute Gasteiger partial charge is 0.211 e. The lowest BCUT2D eigenvalue weighted by molar-refractivity contribution is 0.202. The maximum absolute atomic E-state index is 11.7. The Morgan fingerprint density at radius 3 is 2.82 bits per heavy atom. The van der Waals surface area contributed by atoms with Crippen LogP contribution >= 0.6 is 0 Å². The van der Waals surface area contributed by atoms with Crippen LogP contribution in [0.15, 0.2) is 12.4 Å². The molecule has 0 aromatic carbocycles. The highest BCUT2D eigenvalue weighted by atomic mass is 32.2. The number of piperidine rings is 1. The zero-order valence-corrected chi connectivity index (χ0v) is 14.6. The summed E-state index contributed by atoms with van der Waals surface area (Å²) in [6.45, 7) is 7.25. The van der Waals surface area contributed by atoms with Crippen molar-refractivity contribution in [3.05, 3.63) is 18.0 Å². The van der Waals surface area contributed by atoms with Crippen LogP contribution in [0, 0.1) is 5.92 Å². The van der Waals surface area contributed by atoms with Crippen LogP contribution in [-0.4, -0.2) is 47.9 Å². The molecule has 0 unspecified atom stereocenters. The van der Waals surface area contributed by atoms with Crippen LogP contribution in [0.2, 0.25) is 0 Å². The van der Waals surface area contributed by atoms with Gasteiger partial charge in [0.05, 0.1) is 12.5 Å². The predicted molar refractivity (Wildman–Crippen MR) is 88.0 cm³/mol. The number of aromatic nitrogens is 2. The first-order chi connectivity index (χ1) is 10.4. The Morgan fingerprint density at radius 2 is 2.18 bits per heavy atom. The minimum absolute atomic E-state index is 0.370. The van der Waals surface area contributed by atoms with Crippen molar-refractivity contribution >= 4 is 10.0 Å². The molecule has 1 aliphatic rings. The van der Waals surface area contributed by atoms with Crippen molar-refractivity contribution in [2.24, 2.45) is 5.92 Å². The molecule has 1 aromatic rings. The predicted octanol–water partition coefficient (Wildman–Crippen LogP) is 1.44. The largest absolute Gasteiger partial charge is 0.309 e. The van der Waals surface area contributed by atoms with Crippen molar-refractivity contribution in [1.29, 1.82) is 0 Å². The quantitative estimate of drug-likeness (QED) is 0.822. The monoisotopic (exact) mass is 328 g/mol. The molecule has 1 aromatic heterocycles. The normalized spacial score (nSPS) is 23.8. The lowest BCUT2D eigenvalue weighted by Crippen LogP contribution is -2.50. The van der Waals surface area contributed by atoms with Crippen molar-refractivity contribution in [1.82, 2.24) is 19.4 Å². The van der Waals surface area contributed by atoms with Crippen molar-refractivity contribution in [2.45, 2.75) is 52.2 Å². The van der Waals surface area contributed by atoms with E-state index in [-0.39, 0.29) is 0 Å². The molecule has 0 radical (unpaired) electrons. The third-order valence-corrected chi connectivity index (χ3v) is 5.67. The summed E-state index contributed by atoms with van der Waals surface area (Å²) in [4.78, 5) is 0. The highest BCUT2D eigenvalue weighted by molar-refractivity contribution is 7.88. The van der Waals surface area contributed by atoms with E-state index in [4.69, 9.17) is 0 Å². The summed E-state index contributed by atoms with van der Waals surface area (Å²) in [7, 11) is -3.07. The van der Waals surface area contributed by atoms with Crippen LogP contribution < -0.4 is 5.32 Å². The van der Waals surface area contributed by atoms with E-state index in [2.05, 4.69) is 30.5 Å². The molecule has 22 heavy (non-hydrogen) atoms. The summed E-state index contributed by atoms with van der Waals surface area (Å²) in [6, 6.07) is 0.373. The van der Waals surface area contributed by atoms with E-state index >= 15 is 0 Å². The minimum Gasteiger partial charge on any atom is -0.309 e. The van der Waals surface area contributed by atoms with E-state index in [1.807, 2.05) is 10.9 Å². The molecule has 7 heteroatoms. The molecule has 126 valence electrons. The van der Waals surface area contributed by atoms with Gasteiger partial charge in [0.25, 0.3) is 0 Å². The van der Waals surface area contributed by atoms with E-state index in [0.29, 0.717) is 25.0 Å². The number of rotatable bonds is 7. The maximum atomic E-state index is 11.7. The number of sulfonamides is 1. The summed E-state index contributed by atoms with van der Waals surface area (Å²) >= 11 is 0. The molecule has 2 rings (SSSR count). The first-order valence-electron chi connectivity index (χ1n) is 8.13. The standard InChI is InChI=1S/C15H28N4O2S/c1-4-7-18-11-13(10-17-18)9-16-15-6-8-19(22(3,20)21)12-14(15)5-2/h10-11,14-16H,4-9,12H2,1-3H3/t14-,15-/m1/s1. The van der Waals surface area contributed by atoms with Gasteiger partial charge in [-0.2, -0.15) is 5.10 Å². The zero-order valence-electron chi connectivity index (χ0n) is 13.8. The second-order valence-corrected chi connectivity index (χ2v) is 8.16. The lowest BCUT2D eigenvalue weighted by Gasteiger charge is -2.37. The third kappa shape index (κ3) is 4.54. The van der Waals surface area contributed by atoms with Gasteiger partial charge in [0.1, 0.15) is 0 Å². The molecule has 1 aliphatic heterocycles. The number of nitrogens with zero attached hydrogens (tertiary/aromatic N) is 3. The second-order valence-electron chi connectivity index (χ2n) is 6.18. The molecule has 1 fully saturated rings. The first kappa shape index (κ1) is 17.4. The molecule has 0 saturated carbocycles.